The number of aliphatic hydroxyl groups excluding tert-OH is 1. The molecule has 3 rings (SSSR count). The number of piperazine rings is 1. The molecular weight excluding hydrogens is 357 g/mol. The lowest BCUT2D eigenvalue weighted by atomic mass is 10.1. The number of nitrogens with one attached hydrogen (secondary N) is 1. The second-order valence-corrected chi connectivity index (χ2v) is 6.78. The van der Waals surface area contributed by atoms with Crippen LogP contribution in [-0.4, -0.2) is 73.9 Å². The predicted octanol–water partition coefficient (Wildman–Crippen LogP) is 0.203. The van der Waals surface area contributed by atoms with Gasteiger partial charge in [-0.1, -0.05) is 12.1 Å². The van der Waals surface area contributed by atoms with Crippen molar-refractivity contribution >= 4 is 6.08 Å². The van der Waals surface area contributed by atoms with E-state index in [0.29, 0.717) is 5.22 Å². The van der Waals surface area contributed by atoms with Crippen molar-refractivity contribution in [3.63, 3.8) is 0 Å². The van der Waals surface area contributed by atoms with Crippen LogP contribution in [-0.2, 0) is 6.18 Å². The fraction of sp³-hybridized carbons (Fsp3) is 0.526. The molecule has 0 unspecified atom stereocenters. The zero-order chi connectivity index (χ0) is 19.3. The number of rotatable bonds is 6. The molecule has 148 valence electrons. The number of nitrogens with zero attached hydrogens (tertiary/aromatic N) is 3. The molecule has 2 aliphatic heterocycles. The van der Waals surface area contributed by atoms with Crippen molar-refractivity contribution in [2.75, 3.05) is 59.0 Å². The maximum absolute atomic E-state index is 13.0. The summed E-state index contributed by atoms with van der Waals surface area (Å²) >= 11 is 0. The zero-order valence-corrected chi connectivity index (χ0v) is 15.2. The van der Waals surface area contributed by atoms with Crippen LogP contribution >= 0.6 is 0 Å². The third kappa shape index (κ3) is 5.31. The standard InChI is InChI=1S/C19H25F3N4O/c20-19(21,22)17-3-1-2-16-12-15(14-24-18(16)17)13-23-4-5-25-6-8-26(9-7-25)10-11-27/h1-3,12-13,23,27H,4-11,14H2. The van der Waals surface area contributed by atoms with Gasteiger partial charge in [0.15, 0.2) is 0 Å². The van der Waals surface area contributed by atoms with Gasteiger partial charge in [-0.25, -0.2) is 0 Å². The van der Waals surface area contributed by atoms with Crippen LogP contribution in [0.5, 0.6) is 0 Å². The van der Waals surface area contributed by atoms with Gasteiger partial charge in [0, 0.05) is 57.2 Å². The second-order valence-electron chi connectivity index (χ2n) is 6.78. The number of para-hydroxylation sites is 1. The Morgan fingerprint density at radius 3 is 2.48 bits per heavy atom. The van der Waals surface area contributed by atoms with E-state index < -0.39 is 11.7 Å². The first kappa shape index (κ1) is 19.9. The van der Waals surface area contributed by atoms with Crippen LogP contribution < -0.4 is 15.9 Å². The molecule has 5 nitrogen and oxygen atoms in total. The Bertz CT molecular complexity index is 783. The first-order valence-corrected chi connectivity index (χ1v) is 9.18. The quantitative estimate of drug-likeness (QED) is 0.691. The van der Waals surface area contributed by atoms with E-state index in [9.17, 15) is 13.2 Å². The summed E-state index contributed by atoms with van der Waals surface area (Å²) in [6, 6.07) is 4.15. The Hall–Kier alpha value is -1.90. The monoisotopic (exact) mass is 382 g/mol. The van der Waals surface area contributed by atoms with Crippen LogP contribution in [0.4, 0.5) is 13.2 Å². The summed E-state index contributed by atoms with van der Waals surface area (Å²) in [6.45, 7) is 6.74. The molecule has 8 heteroatoms. The third-order valence-corrected chi connectivity index (χ3v) is 4.87. The summed E-state index contributed by atoms with van der Waals surface area (Å²) in [7, 11) is 0. The Labute approximate surface area is 156 Å². The van der Waals surface area contributed by atoms with E-state index >= 15 is 0 Å². The van der Waals surface area contributed by atoms with Gasteiger partial charge in [0.25, 0.3) is 0 Å². The predicted molar refractivity (Wildman–Crippen MR) is 97.6 cm³/mol. The van der Waals surface area contributed by atoms with Gasteiger partial charge < -0.3 is 10.4 Å². The average Bonchev–Trinajstić information content (AvgIpc) is 2.65. The summed E-state index contributed by atoms with van der Waals surface area (Å²) in [4.78, 5) is 8.75. The molecule has 1 saturated heterocycles. The lowest BCUT2D eigenvalue weighted by Gasteiger charge is -2.34. The highest BCUT2D eigenvalue weighted by molar-refractivity contribution is 5.49. The number of hydrogen-bond acceptors (Lipinski definition) is 5. The van der Waals surface area contributed by atoms with Gasteiger partial charge in [0.05, 0.1) is 24.1 Å². The zero-order valence-electron chi connectivity index (χ0n) is 15.2. The van der Waals surface area contributed by atoms with Gasteiger partial charge in [-0.3, -0.25) is 14.8 Å². The number of halogens is 3. The van der Waals surface area contributed by atoms with Crippen LogP contribution in [0.15, 0.2) is 35.0 Å². The van der Waals surface area contributed by atoms with Crippen molar-refractivity contribution in [2.45, 2.75) is 6.18 Å². The second kappa shape index (κ2) is 8.86. The Kier molecular flexibility index (Phi) is 6.51. The van der Waals surface area contributed by atoms with Crippen LogP contribution in [0, 0.1) is 0 Å². The minimum Gasteiger partial charge on any atom is -0.395 e. The molecule has 1 aromatic carbocycles. The average molecular weight is 382 g/mol. The highest BCUT2D eigenvalue weighted by Gasteiger charge is 2.32. The van der Waals surface area contributed by atoms with Gasteiger partial charge in [0.2, 0.25) is 0 Å². The van der Waals surface area contributed by atoms with Gasteiger partial charge in [0.1, 0.15) is 0 Å². The first-order chi connectivity index (χ1) is 13.0. The summed E-state index contributed by atoms with van der Waals surface area (Å²) in [5.74, 6) is 0. The molecule has 0 spiro atoms. The molecule has 0 saturated carbocycles. The largest absolute Gasteiger partial charge is 0.418 e. The topological polar surface area (TPSA) is 51.1 Å². The highest BCUT2D eigenvalue weighted by Crippen LogP contribution is 2.25. The number of benzene rings is 1. The number of alkyl halides is 3. The molecule has 2 N–H and O–H groups in total. The smallest absolute Gasteiger partial charge is 0.395 e. The molecule has 2 heterocycles. The number of β-amino-alcohol motifs (C(OH)–C–C–N with tert-alkyl or cyclic N) is 1. The summed E-state index contributed by atoms with van der Waals surface area (Å²) < 4.78 is 39.1. The highest BCUT2D eigenvalue weighted by atomic mass is 19.4. The van der Waals surface area contributed by atoms with E-state index in [1.54, 1.807) is 12.1 Å². The lowest BCUT2D eigenvalue weighted by molar-refractivity contribution is -0.138. The number of aliphatic hydroxyl groups is 1. The molecule has 0 amide bonds. The van der Waals surface area contributed by atoms with E-state index in [4.69, 9.17) is 5.11 Å². The maximum Gasteiger partial charge on any atom is 0.418 e. The minimum atomic E-state index is -4.39. The molecule has 1 fully saturated rings. The van der Waals surface area contributed by atoms with Gasteiger partial charge in [-0.2, -0.15) is 13.2 Å². The van der Waals surface area contributed by atoms with Gasteiger partial charge >= 0.3 is 6.18 Å². The Balaban J connectivity index is 1.52. The van der Waals surface area contributed by atoms with Crippen LogP contribution in [0.25, 0.3) is 6.08 Å². The third-order valence-electron chi connectivity index (χ3n) is 4.87. The summed E-state index contributed by atoms with van der Waals surface area (Å²) in [6.07, 6.45) is -0.781. The molecule has 27 heavy (non-hydrogen) atoms. The summed E-state index contributed by atoms with van der Waals surface area (Å²) in [5, 5.41) is 12.7. The Morgan fingerprint density at radius 1 is 1.11 bits per heavy atom. The van der Waals surface area contributed by atoms with E-state index in [1.807, 2.05) is 6.20 Å². The maximum atomic E-state index is 13.0. The van der Waals surface area contributed by atoms with Gasteiger partial charge in [-0.15, -0.1) is 0 Å². The fourth-order valence-corrected chi connectivity index (χ4v) is 3.39. The SMILES string of the molecule is OCCN1CCN(CCNC=C2C=c3cccc(C(F)(F)F)c3=NC2)CC1. The summed E-state index contributed by atoms with van der Waals surface area (Å²) in [5.41, 5.74) is 0.193. The number of fused-ring (bicyclic) bond motifs is 1. The normalized spacial score (nSPS) is 20.1. The lowest BCUT2D eigenvalue weighted by Crippen LogP contribution is -2.48. The van der Waals surface area contributed by atoms with Crippen LogP contribution in [0.3, 0.4) is 0 Å². The van der Waals surface area contributed by atoms with Crippen molar-refractivity contribution < 1.29 is 18.3 Å². The van der Waals surface area contributed by atoms with E-state index in [2.05, 4.69) is 20.1 Å². The van der Waals surface area contributed by atoms with Gasteiger partial charge in [-0.05, 0) is 17.7 Å². The molecule has 2 aliphatic rings. The molecule has 0 bridgehead atoms. The van der Waals surface area contributed by atoms with Crippen molar-refractivity contribution in [3.8, 4) is 0 Å². The molecule has 0 radical (unpaired) electrons. The molecule has 0 atom stereocenters. The van der Waals surface area contributed by atoms with Crippen molar-refractivity contribution in [3.05, 3.63) is 46.1 Å². The van der Waals surface area contributed by atoms with Crippen molar-refractivity contribution in [1.82, 2.24) is 15.1 Å². The molecule has 1 aromatic rings. The van der Waals surface area contributed by atoms with Crippen molar-refractivity contribution in [1.29, 1.82) is 0 Å². The van der Waals surface area contributed by atoms with E-state index in [0.717, 1.165) is 57.5 Å². The van der Waals surface area contributed by atoms with E-state index in [1.165, 1.54) is 6.07 Å². The molecule has 0 aliphatic carbocycles. The molecular formula is C19H25F3N4O. The minimum absolute atomic E-state index is 0.0305. The Morgan fingerprint density at radius 2 is 1.81 bits per heavy atom. The first-order valence-electron chi connectivity index (χ1n) is 9.18. The molecule has 0 aromatic heterocycles. The fourth-order valence-electron chi connectivity index (χ4n) is 3.39. The van der Waals surface area contributed by atoms with Crippen LogP contribution in [0.1, 0.15) is 5.56 Å². The number of hydrogen-bond donors (Lipinski definition) is 2. The van der Waals surface area contributed by atoms with Crippen LogP contribution in [0.2, 0.25) is 0 Å². The van der Waals surface area contributed by atoms with E-state index in [-0.39, 0.29) is 18.5 Å². The van der Waals surface area contributed by atoms with Crippen molar-refractivity contribution in [2.24, 2.45) is 4.99 Å².